The van der Waals surface area contributed by atoms with Crippen molar-refractivity contribution in [3.8, 4) is 6.07 Å². The highest BCUT2D eigenvalue weighted by atomic mass is 15.3. The third-order valence-corrected chi connectivity index (χ3v) is 2.40. The van der Waals surface area contributed by atoms with Crippen LogP contribution in [0.3, 0.4) is 0 Å². The van der Waals surface area contributed by atoms with Crippen LogP contribution >= 0.6 is 0 Å². The highest BCUT2D eigenvalue weighted by Crippen LogP contribution is 2.18. The Bertz CT molecular complexity index is 547. The molecule has 1 N–H and O–H groups in total. The predicted octanol–water partition coefficient (Wildman–Crippen LogP) is 1.99. The van der Waals surface area contributed by atoms with Gasteiger partial charge in [-0.1, -0.05) is 6.92 Å². The Hall–Kier alpha value is -2.35. The fraction of sp³-hybridized carbons (Fsp3) is 0.250. The first-order chi connectivity index (χ1) is 8.22. The van der Waals surface area contributed by atoms with Crippen molar-refractivity contribution in [3.63, 3.8) is 0 Å². The summed E-state index contributed by atoms with van der Waals surface area (Å²) in [6, 6.07) is 5.55. The molecule has 0 unspecified atom stereocenters. The van der Waals surface area contributed by atoms with E-state index in [0.717, 1.165) is 17.8 Å². The van der Waals surface area contributed by atoms with E-state index in [2.05, 4.69) is 22.3 Å². The zero-order valence-corrected chi connectivity index (χ0v) is 9.81. The molecule has 0 radical (unpaired) electrons. The van der Waals surface area contributed by atoms with E-state index in [1.165, 1.54) is 0 Å². The molecule has 0 amide bonds. The van der Waals surface area contributed by atoms with Crippen LogP contribution in [-0.4, -0.2) is 14.8 Å². The average molecular weight is 227 g/mol. The van der Waals surface area contributed by atoms with E-state index in [4.69, 9.17) is 5.26 Å². The normalized spacial score (nSPS) is 9.94. The third-order valence-electron chi connectivity index (χ3n) is 2.40. The maximum atomic E-state index is 8.68. The van der Waals surface area contributed by atoms with Crippen LogP contribution < -0.4 is 5.32 Å². The van der Waals surface area contributed by atoms with Crippen molar-refractivity contribution in [3.05, 3.63) is 35.8 Å². The molecule has 86 valence electrons. The standard InChI is InChI=1S/C12H13N5/c1-3-10-11(8-17(2)16-10)15-12-5-4-9(6-13)7-14-12/h4-5,7-8H,3H2,1-2H3,(H,14,15). The van der Waals surface area contributed by atoms with Gasteiger partial charge in [0.1, 0.15) is 11.9 Å². The predicted molar refractivity (Wildman–Crippen MR) is 64.8 cm³/mol. The zero-order chi connectivity index (χ0) is 12.3. The minimum absolute atomic E-state index is 0.553. The van der Waals surface area contributed by atoms with Gasteiger partial charge in [-0.05, 0) is 18.6 Å². The first kappa shape index (κ1) is 11.1. The van der Waals surface area contributed by atoms with Gasteiger partial charge in [0.05, 0.1) is 16.9 Å². The fourth-order valence-electron chi connectivity index (χ4n) is 1.57. The molecular formula is C12H13N5. The van der Waals surface area contributed by atoms with Gasteiger partial charge in [-0.15, -0.1) is 0 Å². The van der Waals surface area contributed by atoms with Crippen molar-refractivity contribution < 1.29 is 0 Å². The molecule has 0 fully saturated rings. The molecule has 0 aliphatic heterocycles. The number of hydrogen-bond donors (Lipinski definition) is 1. The molecule has 17 heavy (non-hydrogen) atoms. The van der Waals surface area contributed by atoms with Gasteiger partial charge in [-0.3, -0.25) is 4.68 Å². The van der Waals surface area contributed by atoms with E-state index in [-0.39, 0.29) is 0 Å². The van der Waals surface area contributed by atoms with Crippen LogP contribution in [0.1, 0.15) is 18.2 Å². The highest BCUT2D eigenvalue weighted by molar-refractivity contribution is 5.58. The lowest BCUT2D eigenvalue weighted by Crippen LogP contribution is -1.95. The van der Waals surface area contributed by atoms with Gasteiger partial charge in [-0.25, -0.2) is 4.98 Å². The Kier molecular flexibility index (Phi) is 3.06. The summed E-state index contributed by atoms with van der Waals surface area (Å²) in [6.45, 7) is 2.06. The Morgan fingerprint density at radius 1 is 1.47 bits per heavy atom. The average Bonchev–Trinajstić information content (AvgIpc) is 2.70. The van der Waals surface area contributed by atoms with Crippen molar-refractivity contribution in [1.29, 1.82) is 5.26 Å². The number of pyridine rings is 1. The molecular weight excluding hydrogens is 214 g/mol. The number of nitrogens with zero attached hydrogens (tertiary/aromatic N) is 4. The quantitative estimate of drug-likeness (QED) is 0.870. The molecule has 0 aromatic carbocycles. The summed E-state index contributed by atoms with van der Waals surface area (Å²) in [6.07, 6.45) is 4.32. The summed E-state index contributed by atoms with van der Waals surface area (Å²) in [5, 5.41) is 16.2. The highest BCUT2D eigenvalue weighted by Gasteiger charge is 2.06. The van der Waals surface area contributed by atoms with Crippen molar-refractivity contribution in [2.45, 2.75) is 13.3 Å². The first-order valence-electron chi connectivity index (χ1n) is 5.38. The minimum Gasteiger partial charge on any atom is -0.337 e. The van der Waals surface area contributed by atoms with Crippen LogP contribution in [0.5, 0.6) is 0 Å². The smallest absolute Gasteiger partial charge is 0.130 e. The number of aromatic nitrogens is 3. The molecule has 2 aromatic heterocycles. The van der Waals surface area contributed by atoms with Crippen LogP contribution in [0.15, 0.2) is 24.5 Å². The second-order valence-electron chi connectivity index (χ2n) is 3.69. The second kappa shape index (κ2) is 4.66. The van der Waals surface area contributed by atoms with Crippen LogP contribution in [0, 0.1) is 11.3 Å². The van der Waals surface area contributed by atoms with Crippen molar-refractivity contribution in [1.82, 2.24) is 14.8 Å². The van der Waals surface area contributed by atoms with Crippen molar-refractivity contribution >= 4 is 11.5 Å². The molecule has 0 spiro atoms. The zero-order valence-electron chi connectivity index (χ0n) is 9.81. The van der Waals surface area contributed by atoms with Crippen molar-refractivity contribution in [2.24, 2.45) is 7.05 Å². The number of nitriles is 1. The van der Waals surface area contributed by atoms with Gasteiger partial charge < -0.3 is 5.32 Å². The third kappa shape index (κ3) is 2.42. The first-order valence-corrected chi connectivity index (χ1v) is 5.38. The lowest BCUT2D eigenvalue weighted by Gasteiger charge is -2.03. The van der Waals surface area contributed by atoms with E-state index >= 15 is 0 Å². The van der Waals surface area contributed by atoms with Gasteiger partial charge in [0, 0.05) is 19.4 Å². The topological polar surface area (TPSA) is 66.5 Å². The lowest BCUT2D eigenvalue weighted by atomic mass is 10.3. The van der Waals surface area contributed by atoms with E-state index in [1.54, 1.807) is 23.0 Å². The summed E-state index contributed by atoms with van der Waals surface area (Å²) in [4.78, 5) is 4.16. The summed E-state index contributed by atoms with van der Waals surface area (Å²) in [5.74, 6) is 0.715. The van der Waals surface area contributed by atoms with Gasteiger partial charge in [-0.2, -0.15) is 10.4 Å². The maximum absolute atomic E-state index is 8.68. The Morgan fingerprint density at radius 3 is 2.88 bits per heavy atom. The van der Waals surface area contributed by atoms with Gasteiger partial charge in [0.25, 0.3) is 0 Å². The molecule has 0 saturated carbocycles. The molecule has 5 nitrogen and oxygen atoms in total. The lowest BCUT2D eigenvalue weighted by molar-refractivity contribution is 0.746. The molecule has 0 bridgehead atoms. The fourth-order valence-corrected chi connectivity index (χ4v) is 1.57. The molecule has 2 heterocycles. The van der Waals surface area contributed by atoms with Crippen LogP contribution in [0.4, 0.5) is 11.5 Å². The number of aryl methyl sites for hydroxylation is 2. The van der Waals surface area contributed by atoms with E-state index < -0.39 is 0 Å². The minimum atomic E-state index is 0.553. The number of nitrogens with one attached hydrogen (secondary N) is 1. The van der Waals surface area contributed by atoms with Crippen molar-refractivity contribution in [2.75, 3.05) is 5.32 Å². The number of hydrogen-bond acceptors (Lipinski definition) is 4. The number of rotatable bonds is 3. The largest absolute Gasteiger partial charge is 0.337 e. The van der Waals surface area contributed by atoms with Crippen LogP contribution in [-0.2, 0) is 13.5 Å². The second-order valence-corrected chi connectivity index (χ2v) is 3.69. The van der Waals surface area contributed by atoms with E-state index in [0.29, 0.717) is 11.4 Å². The molecule has 0 atom stereocenters. The Balaban J connectivity index is 2.22. The van der Waals surface area contributed by atoms with Gasteiger partial charge in [0.15, 0.2) is 0 Å². The van der Waals surface area contributed by atoms with E-state index in [9.17, 15) is 0 Å². The molecule has 0 aliphatic rings. The maximum Gasteiger partial charge on any atom is 0.130 e. The molecule has 2 aromatic rings. The Morgan fingerprint density at radius 2 is 2.29 bits per heavy atom. The molecule has 5 heteroatoms. The monoisotopic (exact) mass is 227 g/mol. The van der Waals surface area contributed by atoms with Gasteiger partial charge in [0.2, 0.25) is 0 Å². The Labute approximate surface area is 99.7 Å². The summed E-state index contributed by atoms with van der Waals surface area (Å²) < 4.78 is 1.77. The summed E-state index contributed by atoms with van der Waals surface area (Å²) in [7, 11) is 1.89. The van der Waals surface area contributed by atoms with Crippen LogP contribution in [0.2, 0.25) is 0 Å². The molecule has 0 saturated heterocycles. The van der Waals surface area contributed by atoms with Gasteiger partial charge >= 0.3 is 0 Å². The summed E-state index contributed by atoms with van der Waals surface area (Å²) in [5.41, 5.74) is 2.50. The SMILES string of the molecule is CCc1nn(C)cc1Nc1ccc(C#N)cn1. The molecule has 0 aliphatic carbocycles. The van der Waals surface area contributed by atoms with Crippen LogP contribution in [0.25, 0.3) is 0 Å². The molecule has 2 rings (SSSR count). The summed E-state index contributed by atoms with van der Waals surface area (Å²) >= 11 is 0. The van der Waals surface area contributed by atoms with E-state index in [1.807, 2.05) is 19.3 Å². The number of anilines is 2.